The van der Waals surface area contributed by atoms with Crippen LogP contribution < -0.4 is 0 Å². The fraction of sp³-hybridized carbons (Fsp3) is 1.00. The van der Waals surface area contributed by atoms with Crippen LogP contribution in [0.3, 0.4) is 0 Å². The van der Waals surface area contributed by atoms with E-state index in [1.165, 1.54) is 0 Å². The highest BCUT2D eigenvalue weighted by atomic mass is 28.4. The topological polar surface area (TPSA) is 114 Å². The van der Waals surface area contributed by atoms with E-state index in [2.05, 4.69) is 131 Å². The molecule has 56 heavy (non-hydrogen) atoms. The third-order valence-electron chi connectivity index (χ3n) is 8.72. The molecule has 0 aromatic carbocycles. The van der Waals surface area contributed by atoms with Gasteiger partial charge < -0.3 is 45.6 Å². The second-order valence-corrected chi connectivity index (χ2v) is 58.4. The highest BCUT2D eigenvalue weighted by Gasteiger charge is 2.39. The average Bonchev–Trinajstić information content (AvgIpc) is 2.93. The van der Waals surface area contributed by atoms with Crippen LogP contribution in [-0.4, -0.2) is 141 Å². The van der Waals surface area contributed by atoms with Gasteiger partial charge in [0, 0.05) is 26.4 Å². The fourth-order valence-electron chi connectivity index (χ4n) is 7.75. The molecule has 0 fully saturated rings. The predicted octanol–water partition coefficient (Wildman–Crippen LogP) is 10.3. The molecule has 0 aromatic rings. The molecule has 0 saturated heterocycles. The van der Waals surface area contributed by atoms with Gasteiger partial charge in [0.1, 0.15) is 24.4 Å². The molecule has 0 rings (SSSR count). The lowest BCUT2D eigenvalue weighted by atomic mass is 10.0. The third-order valence-corrected chi connectivity index (χ3v) is 33.6. The molecule has 0 unspecified atom stereocenters. The highest BCUT2D eigenvalue weighted by Crippen LogP contribution is 2.26. The van der Waals surface area contributed by atoms with Crippen LogP contribution in [0.4, 0.5) is 0 Å². The predicted molar refractivity (Wildman–Crippen MR) is 258 cm³/mol. The van der Waals surface area contributed by atoms with Gasteiger partial charge in [-0.25, -0.2) is 0 Å². The first-order valence-corrected chi connectivity index (χ1v) is 47.7. The summed E-state index contributed by atoms with van der Waals surface area (Å²) in [6.07, 6.45) is 0.732. The summed E-state index contributed by atoms with van der Waals surface area (Å²) < 4.78 is 52.9. The summed E-state index contributed by atoms with van der Waals surface area (Å²) in [5.74, 6) is 0. The van der Waals surface area contributed by atoms with E-state index in [0.717, 1.165) is 49.9 Å². The number of rotatable bonds is 33. The molecule has 4 atom stereocenters. The zero-order chi connectivity index (χ0) is 43.9. The first-order valence-electron chi connectivity index (χ1n) is 21.6. The van der Waals surface area contributed by atoms with Gasteiger partial charge >= 0.3 is 0 Å². The molecule has 0 heterocycles. The number of hydrogen-bond donors (Lipinski definition) is 2. The molecule has 0 aromatic heterocycles. The molecule has 0 bridgehead atoms. The highest BCUT2D eigenvalue weighted by molar-refractivity contribution is 6.86. The maximum atomic E-state index is 10.9. The SMILES string of the molecule is C[Si](C)(C)O[Si](C)(C)CCCO[C@H]([C@H](OCCC[Si](C)(C)O[Si](C)(C)C)[C@H](CO)OCCC[Si](C)(C)O[Si](C)(C)C)[C@H](CO)OCCC[Si](C)(C)O[Si](C)(C)C. The van der Waals surface area contributed by atoms with Crippen molar-refractivity contribution in [3.63, 3.8) is 0 Å². The summed E-state index contributed by atoms with van der Waals surface area (Å²) in [6, 6.07) is 3.88. The first kappa shape index (κ1) is 57.3. The summed E-state index contributed by atoms with van der Waals surface area (Å²) in [6.45, 7) is 46.7. The summed E-state index contributed by atoms with van der Waals surface area (Å²) in [5, 5.41) is 21.8. The molecule has 10 nitrogen and oxygen atoms in total. The lowest BCUT2D eigenvalue weighted by molar-refractivity contribution is -0.191. The van der Waals surface area contributed by atoms with Gasteiger partial charge in [-0.1, -0.05) is 0 Å². The zero-order valence-corrected chi connectivity index (χ0v) is 48.4. The molecule has 338 valence electrons. The summed E-state index contributed by atoms with van der Waals surface area (Å²) in [4.78, 5) is 0. The second kappa shape index (κ2) is 24.8. The van der Waals surface area contributed by atoms with Gasteiger partial charge in [-0.05, 0) is 181 Å². The maximum Gasteiger partial charge on any atom is 0.173 e. The molecular weight excluding hydrogens is 841 g/mol. The Hall–Kier alpha value is 1.34. The van der Waals surface area contributed by atoms with Gasteiger partial charge in [0.15, 0.2) is 66.5 Å². The number of hydrogen-bond acceptors (Lipinski definition) is 10. The van der Waals surface area contributed by atoms with Crippen LogP contribution in [0.5, 0.6) is 0 Å². The fourth-order valence-corrected chi connectivity index (χ4v) is 39.9. The quantitative estimate of drug-likeness (QED) is 0.0487. The minimum Gasteiger partial charge on any atom is -0.456 e. The maximum absolute atomic E-state index is 10.9. The summed E-state index contributed by atoms with van der Waals surface area (Å²) in [5.41, 5.74) is 0. The van der Waals surface area contributed by atoms with E-state index in [0.29, 0.717) is 26.4 Å². The zero-order valence-electron chi connectivity index (χ0n) is 40.4. The van der Waals surface area contributed by atoms with E-state index in [-0.39, 0.29) is 13.2 Å². The van der Waals surface area contributed by atoms with Gasteiger partial charge in [0.25, 0.3) is 0 Å². The van der Waals surface area contributed by atoms with Gasteiger partial charge in [0.05, 0.1) is 13.2 Å². The monoisotopic (exact) mass is 935 g/mol. The van der Waals surface area contributed by atoms with Crippen LogP contribution in [0.2, 0.25) is 155 Å². The molecule has 0 radical (unpaired) electrons. The number of ether oxygens (including phenoxy) is 4. The van der Waals surface area contributed by atoms with Crippen LogP contribution in [0, 0.1) is 0 Å². The lowest BCUT2D eigenvalue weighted by Gasteiger charge is -2.37. The van der Waals surface area contributed by atoms with E-state index < -0.39 is 91.0 Å². The van der Waals surface area contributed by atoms with Crippen LogP contribution in [-0.2, 0) is 35.4 Å². The Morgan fingerprint density at radius 3 is 0.696 bits per heavy atom. The first-order chi connectivity index (χ1) is 25.1. The van der Waals surface area contributed by atoms with Gasteiger partial charge in [-0.2, -0.15) is 0 Å². The van der Waals surface area contributed by atoms with Gasteiger partial charge in [-0.15, -0.1) is 0 Å². The van der Waals surface area contributed by atoms with Gasteiger partial charge in [-0.3, -0.25) is 0 Å². The van der Waals surface area contributed by atoms with E-state index in [1.807, 2.05) is 0 Å². The van der Waals surface area contributed by atoms with Crippen molar-refractivity contribution >= 4 is 66.5 Å². The normalized spacial score (nSPS) is 16.6. The second-order valence-electron chi connectivity index (χ2n) is 22.2. The Morgan fingerprint density at radius 1 is 0.321 bits per heavy atom. The van der Waals surface area contributed by atoms with Crippen LogP contribution in [0.15, 0.2) is 0 Å². The number of aliphatic hydroxyl groups is 2. The third kappa shape index (κ3) is 30.4. The summed E-state index contributed by atoms with van der Waals surface area (Å²) in [7, 11) is -14.1. The summed E-state index contributed by atoms with van der Waals surface area (Å²) >= 11 is 0. The number of aliphatic hydroxyl groups excluding tert-OH is 2. The standard InChI is InChI=1S/C38H94O10Si8/c1-49(2,3)45-53(13,14)29-21-25-41-35(33-39)37(43-27-23-31-55(17,18)47-51(7,8)9)38(44-28-24-32-56(19,20)48-52(10,11)12)36(34-40)42-26-22-30-54(15,16)46-50(4,5)6/h35-40H,21-34H2,1-20H3/t35-,36-,37-,38+/m0/s1. The van der Waals surface area contributed by atoms with E-state index in [1.54, 1.807) is 0 Å². The molecule has 0 aliphatic heterocycles. The molecule has 0 amide bonds. The van der Waals surface area contributed by atoms with Crippen molar-refractivity contribution in [1.82, 2.24) is 0 Å². The largest absolute Gasteiger partial charge is 0.456 e. The molecule has 0 aliphatic rings. The van der Waals surface area contributed by atoms with E-state index >= 15 is 0 Å². The molecule has 0 aliphatic carbocycles. The van der Waals surface area contributed by atoms with Crippen molar-refractivity contribution in [2.24, 2.45) is 0 Å². The van der Waals surface area contributed by atoms with Crippen LogP contribution in [0.25, 0.3) is 0 Å². The molecule has 0 saturated carbocycles. The average molecular weight is 936 g/mol. The van der Waals surface area contributed by atoms with Crippen LogP contribution in [0.1, 0.15) is 25.7 Å². The lowest BCUT2D eigenvalue weighted by Crippen LogP contribution is -2.52. The van der Waals surface area contributed by atoms with Crippen molar-refractivity contribution < 1.29 is 45.6 Å². The minimum atomic E-state index is -1.89. The molecular formula is C38H94O10Si8. The van der Waals surface area contributed by atoms with Crippen molar-refractivity contribution in [3.05, 3.63) is 0 Å². The van der Waals surface area contributed by atoms with Crippen LogP contribution >= 0.6 is 0 Å². The Bertz CT molecular complexity index is 975. The van der Waals surface area contributed by atoms with Crippen molar-refractivity contribution in [2.45, 2.75) is 205 Å². The molecule has 18 heteroatoms. The smallest absolute Gasteiger partial charge is 0.173 e. The van der Waals surface area contributed by atoms with Gasteiger partial charge in [0.2, 0.25) is 0 Å². The Labute approximate surface area is 355 Å². The van der Waals surface area contributed by atoms with E-state index in [4.69, 9.17) is 35.4 Å². The molecule has 0 spiro atoms. The van der Waals surface area contributed by atoms with Crippen molar-refractivity contribution in [3.8, 4) is 0 Å². The Kier molecular flexibility index (Phi) is 25.4. The Morgan fingerprint density at radius 2 is 0.518 bits per heavy atom. The van der Waals surface area contributed by atoms with Crippen molar-refractivity contribution in [2.75, 3.05) is 39.6 Å². The van der Waals surface area contributed by atoms with E-state index in [9.17, 15) is 10.2 Å². The minimum absolute atomic E-state index is 0.230. The van der Waals surface area contributed by atoms with Crippen molar-refractivity contribution in [1.29, 1.82) is 0 Å². The Balaban J connectivity index is 6.38. The molecule has 2 N–H and O–H groups in total.